The van der Waals surface area contributed by atoms with E-state index < -0.39 is 98.7 Å². The van der Waals surface area contributed by atoms with Crippen LogP contribution < -0.4 is 5.32 Å². The summed E-state index contributed by atoms with van der Waals surface area (Å²) in [6.45, 7) is 13.1. The van der Waals surface area contributed by atoms with E-state index in [1.54, 1.807) is 0 Å². The molecule has 9 N–H and O–H groups in total. The van der Waals surface area contributed by atoms with E-state index in [0.717, 1.165) is 32.2 Å². The predicted octanol–water partition coefficient (Wildman–Crippen LogP) is 0.815. The Morgan fingerprint density at radius 3 is 1.97 bits per heavy atom. The Labute approximate surface area is 359 Å². The second-order valence-electron chi connectivity index (χ2n) is 21.2. The SMILES string of the molecule is CC1CCC2(NC1)OC1CC3C4CC=C5C[C@@H](O[C@@H]6O[C@H](CO)[C@@H](O[C@H]7O[C@H](C)[C@H](O)[C@H](O)[C@@H]7O)[C@H](O[C@H]7O[C@H](C)[C@H](O)[C@H](O)[C@@H]7O)[C@H]6O)CC[C@]5(C)C4CC[C@]3(C)C1[C@@H]2C. The van der Waals surface area contributed by atoms with Gasteiger partial charge in [0, 0.05) is 12.5 Å². The first-order valence-electron chi connectivity index (χ1n) is 23.3. The van der Waals surface area contributed by atoms with E-state index in [0.29, 0.717) is 54.5 Å². The van der Waals surface area contributed by atoms with Crippen LogP contribution in [0.1, 0.15) is 99.3 Å². The third-order valence-corrected chi connectivity index (χ3v) is 17.9. The number of fused-ring (bicyclic) bond motifs is 7. The molecule has 0 bridgehead atoms. The number of nitrogens with one attached hydrogen (secondary N) is 1. The van der Waals surface area contributed by atoms with E-state index in [4.69, 9.17) is 33.2 Å². The van der Waals surface area contributed by atoms with Gasteiger partial charge >= 0.3 is 0 Å². The van der Waals surface area contributed by atoms with Gasteiger partial charge in [0.15, 0.2) is 18.9 Å². The minimum Gasteiger partial charge on any atom is -0.394 e. The van der Waals surface area contributed by atoms with E-state index in [-0.39, 0.29) is 22.7 Å². The van der Waals surface area contributed by atoms with E-state index in [1.165, 1.54) is 38.7 Å². The molecular formula is C45H73NO15. The Hall–Kier alpha value is -0.900. The fourth-order valence-corrected chi connectivity index (χ4v) is 14.2. The maximum Gasteiger partial charge on any atom is 0.187 e. The van der Waals surface area contributed by atoms with Gasteiger partial charge in [0.2, 0.25) is 0 Å². The third kappa shape index (κ3) is 7.42. The Morgan fingerprint density at radius 1 is 0.705 bits per heavy atom. The second kappa shape index (κ2) is 16.8. The highest BCUT2D eigenvalue weighted by molar-refractivity contribution is 5.26. The van der Waals surface area contributed by atoms with Crippen LogP contribution >= 0.6 is 0 Å². The van der Waals surface area contributed by atoms with Gasteiger partial charge < -0.3 is 74.0 Å². The van der Waals surface area contributed by atoms with Crippen molar-refractivity contribution in [2.75, 3.05) is 13.2 Å². The molecule has 0 radical (unpaired) electrons. The van der Waals surface area contributed by atoms with Gasteiger partial charge in [0.1, 0.15) is 66.8 Å². The standard InChI is InChI=1S/C45H73NO15/c1-19-9-14-45(46-17-19)20(2)30-28(61-45)16-27-25-8-7-23-15-24(10-12-43(23,5)26(25)11-13-44(27,30)6)57-42-37(54)39(60-41-36(53)34(51)32(49)22(4)56-41)38(29(18-47)58-42)59-40-35(52)33(50)31(48)21(3)55-40/h7,19-22,24-42,46-54H,8-18H2,1-6H3/t19?,20-,21+,22+,24-,25?,26?,27?,28?,29+,30?,31-,32-,33-,34-,35-,36-,37+,38+,39+,40+,41+,42+,43-,44-,45?/m0/s1. The van der Waals surface area contributed by atoms with Crippen molar-refractivity contribution in [3.05, 3.63) is 11.6 Å². The first-order chi connectivity index (χ1) is 28.9. The van der Waals surface area contributed by atoms with Crippen LogP contribution in [-0.2, 0) is 33.2 Å². The van der Waals surface area contributed by atoms with E-state index in [2.05, 4.69) is 39.1 Å². The van der Waals surface area contributed by atoms with Gasteiger partial charge in [-0.15, -0.1) is 0 Å². The Bertz CT molecular complexity index is 1600. The molecule has 5 aliphatic heterocycles. The molecule has 348 valence electrons. The van der Waals surface area contributed by atoms with Crippen molar-refractivity contribution in [3.63, 3.8) is 0 Å². The molecule has 0 aromatic heterocycles. The molecule has 16 nitrogen and oxygen atoms in total. The molecule has 4 aliphatic carbocycles. The maximum atomic E-state index is 12.0. The number of aliphatic hydroxyl groups is 8. The normalized spacial score (nSPS) is 58.4. The molecule has 0 amide bonds. The molecule has 1 spiro atoms. The van der Waals surface area contributed by atoms with Gasteiger partial charge in [0.05, 0.1) is 31.0 Å². The number of aliphatic hydroxyl groups excluding tert-OH is 8. The number of rotatable bonds is 7. The third-order valence-electron chi connectivity index (χ3n) is 17.9. The molecule has 8 fully saturated rings. The highest BCUT2D eigenvalue weighted by atomic mass is 16.8. The number of hydrogen-bond acceptors (Lipinski definition) is 16. The zero-order chi connectivity index (χ0) is 43.5. The molecule has 3 saturated carbocycles. The first kappa shape index (κ1) is 45.3. The molecule has 9 rings (SSSR count). The smallest absolute Gasteiger partial charge is 0.187 e. The van der Waals surface area contributed by atoms with E-state index in [9.17, 15) is 40.9 Å². The molecule has 5 heterocycles. The van der Waals surface area contributed by atoms with Crippen molar-refractivity contribution in [3.8, 4) is 0 Å². The van der Waals surface area contributed by atoms with Crippen LogP contribution in [-0.4, -0.2) is 164 Å². The summed E-state index contributed by atoms with van der Waals surface area (Å²) in [5.74, 6) is 3.46. The zero-order valence-electron chi connectivity index (χ0n) is 36.6. The molecule has 5 saturated heterocycles. The van der Waals surface area contributed by atoms with Crippen molar-refractivity contribution in [2.45, 2.75) is 209 Å². The quantitative estimate of drug-likeness (QED) is 0.161. The number of ether oxygens (including phenoxy) is 7. The lowest BCUT2D eigenvalue weighted by Crippen LogP contribution is -2.67. The van der Waals surface area contributed by atoms with E-state index >= 15 is 0 Å². The summed E-state index contributed by atoms with van der Waals surface area (Å²) < 4.78 is 43.6. The number of piperidine rings is 1. The lowest BCUT2D eigenvalue weighted by atomic mass is 9.47. The van der Waals surface area contributed by atoms with Crippen LogP contribution in [0.4, 0.5) is 0 Å². The highest BCUT2D eigenvalue weighted by Crippen LogP contribution is 2.70. The summed E-state index contributed by atoms with van der Waals surface area (Å²) in [4.78, 5) is 0. The summed E-state index contributed by atoms with van der Waals surface area (Å²) in [6.07, 6.45) is -10.0. The van der Waals surface area contributed by atoms with Gasteiger partial charge in [-0.25, -0.2) is 0 Å². The topological polar surface area (TPSA) is 238 Å². The Balaban J connectivity index is 0.905. The minimum atomic E-state index is -1.73. The lowest BCUT2D eigenvalue weighted by Gasteiger charge is -2.59. The fourth-order valence-electron chi connectivity index (χ4n) is 14.2. The molecule has 9 aliphatic rings. The number of hydrogen-bond donors (Lipinski definition) is 9. The second-order valence-corrected chi connectivity index (χ2v) is 21.2. The molecular weight excluding hydrogens is 794 g/mol. The van der Waals surface area contributed by atoms with Crippen LogP contribution in [0.15, 0.2) is 11.6 Å². The summed E-state index contributed by atoms with van der Waals surface area (Å²) in [6, 6.07) is 0. The average Bonchev–Trinajstić information content (AvgIpc) is 3.69. The van der Waals surface area contributed by atoms with Crippen LogP contribution in [0, 0.1) is 46.3 Å². The largest absolute Gasteiger partial charge is 0.394 e. The van der Waals surface area contributed by atoms with Gasteiger partial charge in [-0.05, 0) is 112 Å². The van der Waals surface area contributed by atoms with Gasteiger partial charge in [-0.3, -0.25) is 5.32 Å². The Kier molecular flexibility index (Phi) is 12.4. The summed E-state index contributed by atoms with van der Waals surface area (Å²) in [7, 11) is 0. The molecule has 61 heavy (non-hydrogen) atoms. The summed E-state index contributed by atoms with van der Waals surface area (Å²) in [5.41, 5.74) is 1.44. The van der Waals surface area contributed by atoms with Crippen LogP contribution in [0.2, 0.25) is 0 Å². The molecule has 26 atom stereocenters. The summed E-state index contributed by atoms with van der Waals surface area (Å²) in [5, 5.41) is 90.0. The first-order valence-corrected chi connectivity index (χ1v) is 23.3. The number of allylic oxidation sites excluding steroid dienone is 1. The summed E-state index contributed by atoms with van der Waals surface area (Å²) >= 11 is 0. The minimum absolute atomic E-state index is 0.00743. The molecule has 16 heteroatoms. The molecule has 7 unspecified atom stereocenters. The van der Waals surface area contributed by atoms with Crippen molar-refractivity contribution < 1.29 is 74.0 Å². The van der Waals surface area contributed by atoms with Crippen molar-refractivity contribution in [2.24, 2.45) is 46.3 Å². The highest BCUT2D eigenvalue weighted by Gasteiger charge is 2.68. The van der Waals surface area contributed by atoms with Crippen molar-refractivity contribution in [1.29, 1.82) is 0 Å². The predicted molar refractivity (Wildman–Crippen MR) is 215 cm³/mol. The fraction of sp³-hybridized carbons (Fsp3) is 0.956. The molecule has 0 aromatic carbocycles. The van der Waals surface area contributed by atoms with E-state index in [1.807, 2.05) is 0 Å². The Morgan fingerprint density at radius 2 is 1.34 bits per heavy atom. The lowest BCUT2D eigenvalue weighted by molar-refractivity contribution is -0.387. The monoisotopic (exact) mass is 867 g/mol. The van der Waals surface area contributed by atoms with Gasteiger partial charge in [-0.2, -0.15) is 0 Å². The van der Waals surface area contributed by atoms with Crippen molar-refractivity contribution in [1.82, 2.24) is 5.32 Å². The van der Waals surface area contributed by atoms with Gasteiger partial charge in [0.25, 0.3) is 0 Å². The van der Waals surface area contributed by atoms with Crippen LogP contribution in [0.25, 0.3) is 0 Å². The zero-order valence-corrected chi connectivity index (χ0v) is 36.6. The maximum absolute atomic E-state index is 12.0. The van der Waals surface area contributed by atoms with Crippen LogP contribution in [0.3, 0.4) is 0 Å². The average molecular weight is 868 g/mol. The van der Waals surface area contributed by atoms with Gasteiger partial charge in [-0.1, -0.05) is 39.3 Å². The van der Waals surface area contributed by atoms with Crippen molar-refractivity contribution >= 4 is 0 Å². The van der Waals surface area contributed by atoms with Crippen LogP contribution in [0.5, 0.6) is 0 Å². The molecule has 0 aromatic rings.